The van der Waals surface area contributed by atoms with Crippen LogP contribution in [0.4, 0.5) is 0 Å². The number of allylic oxidation sites excluding steroid dienone is 7. The Morgan fingerprint density at radius 2 is 0.504 bits per heavy atom. The van der Waals surface area contributed by atoms with E-state index in [9.17, 15) is 42.1 Å². The Bertz CT molecular complexity index is 4540. The Kier molecular flexibility index (Phi) is 40.0. The second-order valence-electron chi connectivity index (χ2n) is 30.5. The first-order valence-corrected chi connectivity index (χ1v) is 47.9. The minimum atomic E-state index is -3.57. The smallest absolute Gasteiger partial charge is 0.246 e. The molecule has 5 aliphatic rings. The first-order chi connectivity index (χ1) is 53.7. The van der Waals surface area contributed by atoms with Crippen LogP contribution in [0.2, 0.25) is 0 Å². The van der Waals surface area contributed by atoms with Gasteiger partial charge in [-0.3, -0.25) is 0 Å². The lowest BCUT2D eigenvalue weighted by Crippen LogP contribution is -2.38. The maximum Gasteiger partial charge on any atom is 0.246 e. The van der Waals surface area contributed by atoms with Crippen LogP contribution in [0.3, 0.4) is 0 Å². The molecule has 0 N–H and O–H groups in total. The molecule has 0 saturated carbocycles. The van der Waals surface area contributed by atoms with Gasteiger partial charge in [-0.2, -0.15) is 21.5 Å². The van der Waals surface area contributed by atoms with E-state index in [2.05, 4.69) is 42.5 Å². The van der Waals surface area contributed by atoms with E-state index in [4.69, 9.17) is 23.7 Å². The molecule has 113 heavy (non-hydrogen) atoms. The van der Waals surface area contributed by atoms with Gasteiger partial charge in [-0.1, -0.05) is 91.1 Å². The summed E-state index contributed by atoms with van der Waals surface area (Å²) in [6.07, 6.45) is 39.9. The van der Waals surface area contributed by atoms with Crippen LogP contribution in [0.15, 0.2) is 176 Å². The highest BCUT2D eigenvalue weighted by Crippen LogP contribution is 2.36. The molecule has 0 unspecified atom stereocenters. The molecular weight excluding hydrogens is 1530 g/mol. The zero-order chi connectivity index (χ0) is 82.8. The molecule has 0 atom stereocenters. The molecule has 10 rings (SSSR count). The van der Waals surface area contributed by atoms with Crippen LogP contribution < -0.4 is 23.7 Å². The van der Waals surface area contributed by atoms with Gasteiger partial charge < -0.3 is 23.7 Å². The molecule has 0 aliphatic carbocycles. The number of fused-ring (bicyclic) bond motifs is 5. The first kappa shape index (κ1) is 95.2. The van der Waals surface area contributed by atoms with Gasteiger partial charge in [0.15, 0.2) is 0 Å². The van der Waals surface area contributed by atoms with E-state index in [1.807, 2.05) is 151 Å². The maximum absolute atomic E-state index is 13.2. The van der Waals surface area contributed by atoms with E-state index in [1.165, 1.54) is 4.31 Å². The number of ether oxygens (including phenoxy) is 5. The summed E-state index contributed by atoms with van der Waals surface area (Å²) in [6, 6.07) is 26.2. The van der Waals surface area contributed by atoms with Crippen LogP contribution in [0.1, 0.15) is 212 Å². The quantitative estimate of drug-likeness (QED) is 0.152. The van der Waals surface area contributed by atoms with E-state index >= 15 is 0 Å². The largest absolute Gasteiger partial charge is 0.492 e. The Balaban J connectivity index is 0.000000221. The molecule has 0 fully saturated rings. The average molecular weight is 1660 g/mol. The molecule has 5 aliphatic heterocycles. The minimum absolute atomic E-state index is 0.0716. The monoisotopic (exact) mass is 1660 g/mol. The Labute approximate surface area is 681 Å². The zero-order valence-electron chi connectivity index (χ0n) is 69.9. The van der Waals surface area contributed by atoms with E-state index in [0.29, 0.717) is 99.4 Å². The van der Waals surface area contributed by atoms with Crippen LogP contribution in [0.25, 0.3) is 0 Å². The molecule has 0 spiro atoms. The van der Waals surface area contributed by atoms with Crippen LogP contribution >= 0.6 is 0 Å². The lowest BCUT2D eigenvalue weighted by atomic mass is 10.2. The number of likely N-dealkylation sites (N-methyl/N-ethyl adjacent to an activating group) is 1. The zero-order valence-corrected chi connectivity index (χ0v) is 73.9. The maximum atomic E-state index is 13.2. The number of benzene rings is 5. The molecule has 628 valence electrons. The van der Waals surface area contributed by atoms with Gasteiger partial charge >= 0.3 is 0 Å². The van der Waals surface area contributed by atoms with Crippen molar-refractivity contribution in [3.8, 4) is 28.7 Å². The van der Waals surface area contributed by atoms with Crippen molar-refractivity contribution in [1.82, 2.24) is 21.5 Å². The Hall–Kier alpha value is -6.65. The molecule has 0 bridgehead atoms. The summed E-state index contributed by atoms with van der Waals surface area (Å²) in [4.78, 5) is 1.37. The third kappa shape index (κ3) is 29.8. The standard InChI is InChI=1S/C20H31NO3S.C19H29NO3S.C18H27NO3S.C17H25NO3S.C14H19NO3S/c1-17(2)21-14-10-8-6-4-5-7-9-11-15-24-19-16-18(3)12-13-20(19)25(21,22)23;1-16(2)20-13-9-7-5-4-6-8-10-14-23-18-15-17(3)11-12-19(18)24(20,21)22;1-15(2)19-12-8-6-4-5-7-9-13-22-17-14-16(3)10-11-18(17)23(19,20)21;1-14(2)18-11-7-5-4-6-8-12-21-16-13-15(3)9-10-17(16)22(18,19)20;1-12-7-8-14-13(11-12)18-10-6-4-3-5-9-15(2)19(14,16)17/h4-5,12-13,16-17H,6-11,14-15H2,1-3H3;4,6,11-12,15-16H,5,7-10,13-14H2,1-3H3;5,7,10-11,14-15H,4,6,8-9,12-13H2,1-3H3;6,8-10,13-14H,4-5,7,11-12H2,1-3H3;3,5,7-8,11H,4,6,9-10H2,1-2H3/b5-4+;6-4+;7-5+;8-6+;5-3+. The summed E-state index contributed by atoms with van der Waals surface area (Å²) in [6.45, 7) is 30.1. The topological polar surface area (TPSA) is 233 Å². The van der Waals surface area contributed by atoms with Gasteiger partial charge in [0.05, 0.1) is 26.4 Å². The van der Waals surface area contributed by atoms with Crippen molar-refractivity contribution in [2.24, 2.45) is 0 Å². The highest BCUT2D eigenvalue weighted by Gasteiger charge is 2.35. The number of hydrogen-bond donors (Lipinski definition) is 0. The third-order valence-corrected chi connectivity index (χ3v) is 29.8. The number of rotatable bonds is 4. The summed E-state index contributed by atoms with van der Waals surface area (Å²) in [7, 11) is -16.1. The van der Waals surface area contributed by atoms with Crippen LogP contribution in [-0.2, 0) is 50.1 Å². The first-order valence-electron chi connectivity index (χ1n) is 40.7. The fraction of sp³-hybridized carbons (Fsp3) is 0.545. The van der Waals surface area contributed by atoms with Crippen LogP contribution in [-0.4, -0.2) is 161 Å². The fourth-order valence-corrected chi connectivity index (χ4v) is 21.5. The Morgan fingerprint density at radius 1 is 0.265 bits per heavy atom. The number of hydrogen-bond acceptors (Lipinski definition) is 15. The normalized spacial score (nSPS) is 21.5. The summed E-state index contributed by atoms with van der Waals surface area (Å²) >= 11 is 0. The van der Waals surface area contributed by atoms with Gasteiger partial charge in [-0.25, -0.2) is 42.1 Å². The second-order valence-corrected chi connectivity index (χ2v) is 39.9. The lowest BCUT2D eigenvalue weighted by Gasteiger charge is -2.27. The van der Waals surface area contributed by atoms with E-state index in [-0.39, 0.29) is 43.7 Å². The van der Waals surface area contributed by atoms with Gasteiger partial charge in [0.2, 0.25) is 50.1 Å². The number of aryl methyl sites for hydroxylation is 5. The minimum Gasteiger partial charge on any atom is -0.492 e. The van der Waals surface area contributed by atoms with Crippen molar-refractivity contribution in [2.75, 3.05) is 72.8 Å². The van der Waals surface area contributed by atoms with Gasteiger partial charge in [-0.05, 0) is 307 Å². The number of nitrogens with zero attached hydrogens (tertiary/aromatic N) is 5. The summed E-state index contributed by atoms with van der Waals surface area (Å²) in [5.74, 6) is 2.31. The number of sulfonamides is 5. The molecule has 20 nitrogen and oxygen atoms in total. The van der Waals surface area contributed by atoms with E-state index < -0.39 is 50.1 Å². The third-order valence-electron chi connectivity index (χ3n) is 19.5. The van der Waals surface area contributed by atoms with Crippen LogP contribution in [0.5, 0.6) is 28.7 Å². The molecule has 0 radical (unpaired) electrons. The van der Waals surface area contributed by atoms with Gasteiger partial charge in [-0.15, -0.1) is 0 Å². The molecule has 25 heteroatoms. The second kappa shape index (κ2) is 47.5. The van der Waals surface area contributed by atoms with Crippen molar-refractivity contribution in [2.45, 2.75) is 267 Å². The fourth-order valence-electron chi connectivity index (χ4n) is 13.1. The predicted octanol–water partition coefficient (Wildman–Crippen LogP) is 18.7. The average Bonchev–Trinajstić information content (AvgIpc) is 1.59. The summed E-state index contributed by atoms with van der Waals surface area (Å²) in [5.41, 5.74) is 4.98. The highest BCUT2D eigenvalue weighted by atomic mass is 32.2. The molecule has 0 aromatic heterocycles. The highest BCUT2D eigenvalue weighted by molar-refractivity contribution is 7.90. The van der Waals surface area contributed by atoms with E-state index in [0.717, 1.165) is 156 Å². The summed E-state index contributed by atoms with van der Waals surface area (Å²) < 4.78 is 167. The van der Waals surface area contributed by atoms with Crippen molar-refractivity contribution in [1.29, 1.82) is 0 Å². The predicted molar refractivity (Wildman–Crippen MR) is 457 cm³/mol. The lowest BCUT2D eigenvalue weighted by molar-refractivity contribution is 0.296. The molecule has 5 aromatic rings. The molecular formula is C88H131N5O15S5. The van der Waals surface area contributed by atoms with Crippen molar-refractivity contribution in [3.63, 3.8) is 0 Å². The SMILES string of the molecule is Cc1ccc2c(c1)OC/C=C/CCCCN(C(C)C)S2(=O)=O.Cc1ccc2c(c1)OCC/C=C/CCCCN(C(C)C)S2(=O)=O.Cc1ccc2c(c1)OCCC/C=C/CCCCN(C(C)C)S2(=O)=O.Cc1ccc2c(c1)OCCC/C=C/CN(C)S2(=O)=O.Cc1ccc2c(c1)OCCCC/C=C/CCCCN(C(C)C)S2(=O)=O. The van der Waals surface area contributed by atoms with Gasteiger partial charge in [0.1, 0.15) is 59.8 Å². The molecule has 0 saturated heterocycles. The molecule has 5 heterocycles. The van der Waals surface area contributed by atoms with Crippen molar-refractivity contribution < 1.29 is 65.8 Å². The molecule has 5 aromatic carbocycles. The summed E-state index contributed by atoms with van der Waals surface area (Å²) in [5, 5.41) is 0. The Morgan fingerprint density at radius 3 is 0.814 bits per heavy atom. The molecule has 0 amide bonds. The van der Waals surface area contributed by atoms with Gasteiger partial charge in [0, 0.05) is 63.9 Å². The van der Waals surface area contributed by atoms with Crippen molar-refractivity contribution in [3.05, 3.63) is 180 Å². The van der Waals surface area contributed by atoms with Crippen molar-refractivity contribution >= 4 is 50.1 Å². The van der Waals surface area contributed by atoms with E-state index in [1.54, 1.807) is 72.8 Å². The van der Waals surface area contributed by atoms with Crippen LogP contribution in [0, 0.1) is 34.6 Å². The van der Waals surface area contributed by atoms with Gasteiger partial charge in [0.25, 0.3) is 0 Å².